The van der Waals surface area contributed by atoms with Gasteiger partial charge in [0.15, 0.2) is 0 Å². The van der Waals surface area contributed by atoms with Crippen molar-refractivity contribution in [1.82, 2.24) is 9.78 Å². The van der Waals surface area contributed by atoms with Crippen molar-refractivity contribution < 1.29 is 14.7 Å². The smallest absolute Gasteiger partial charge is 0.325 e. The minimum absolute atomic E-state index is 0.145. The van der Waals surface area contributed by atoms with Gasteiger partial charge in [-0.1, -0.05) is 6.07 Å². The normalized spacial score (nSPS) is 10.3. The fourth-order valence-corrected chi connectivity index (χ4v) is 2.92. The van der Waals surface area contributed by atoms with Gasteiger partial charge in [-0.25, -0.2) is 0 Å². The standard InChI is InChI=1S/C11H11N3O3S2/c15-9(7-19-11-2-1-3-18-11)13-8-4-12-14(5-8)6-10(16)17/h1-5H,6-7H2,(H,13,15)(H,16,17). The maximum Gasteiger partial charge on any atom is 0.325 e. The van der Waals surface area contributed by atoms with E-state index >= 15 is 0 Å². The fourth-order valence-electron chi connectivity index (χ4n) is 1.33. The number of rotatable bonds is 6. The summed E-state index contributed by atoms with van der Waals surface area (Å²) < 4.78 is 2.33. The molecule has 19 heavy (non-hydrogen) atoms. The summed E-state index contributed by atoms with van der Waals surface area (Å²) in [6, 6.07) is 3.88. The summed E-state index contributed by atoms with van der Waals surface area (Å²) >= 11 is 3.04. The van der Waals surface area contributed by atoms with Crippen LogP contribution in [0.4, 0.5) is 5.69 Å². The molecule has 0 spiro atoms. The molecule has 2 rings (SSSR count). The Hall–Kier alpha value is -1.80. The molecule has 0 fully saturated rings. The van der Waals surface area contributed by atoms with E-state index in [9.17, 15) is 9.59 Å². The summed E-state index contributed by atoms with van der Waals surface area (Å²) in [5.74, 6) is -0.813. The van der Waals surface area contributed by atoms with E-state index < -0.39 is 5.97 Å². The van der Waals surface area contributed by atoms with Crippen LogP contribution >= 0.6 is 23.1 Å². The predicted molar refractivity (Wildman–Crippen MR) is 73.5 cm³/mol. The third kappa shape index (κ3) is 4.42. The van der Waals surface area contributed by atoms with Gasteiger partial charge in [0, 0.05) is 6.20 Å². The van der Waals surface area contributed by atoms with Crippen LogP contribution in [-0.2, 0) is 16.1 Å². The van der Waals surface area contributed by atoms with Crippen molar-refractivity contribution in [3.63, 3.8) is 0 Å². The Morgan fingerprint density at radius 2 is 2.37 bits per heavy atom. The van der Waals surface area contributed by atoms with Crippen molar-refractivity contribution in [2.24, 2.45) is 0 Å². The minimum atomic E-state index is -0.978. The van der Waals surface area contributed by atoms with Gasteiger partial charge in [0.05, 0.1) is 21.8 Å². The van der Waals surface area contributed by atoms with Crippen molar-refractivity contribution in [3.05, 3.63) is 29.9 Å². The lowest BCUT2D eigenvalue weighted by atomic mass is 10.5. The van der Waals surface area contributed by atoms with Gasteiger partial charge in [-0.2, -0.15) is 5.10 Å². The first-order valence-corrected chi connectivity index (χ1v) is 7.20. The van der Waals surface area contributed by atoms with E-state index in [2.05, 4.69) is 10.4 Å². The van der Waals surface area contributed by atoms with Gasteiger partial charge in [-0.3, -0.25) is 14.3 Å². The number of carboxylic acids is 1. The molecule has 1 amide bonds. The van der Waals surface area contributed by atoms with E-state index in [4.69, 9.17) is 5.11 Å². The summed E-state index contributed by atoms with van der Waals surface area (Å²) in [6.07, 6.45) is 2.92. The highest BCUT2D eigenvalue weighted by Gasteiger charge is 2.07. The zero-order valence-corrected chi connectivity index (χ0v) is 11.4. The van der Waals surface area contributed by atoms with E-state index in [1.54, 1.807) is 11.3 Å². The molecule has 0 saturated carbocycles. The Balaban J connectivity index is 1.81. The Morgan fingerprint density at radius 1 is 1.53 bits per heavy atom. The largest absolute Gasteiger partial charge is 0.480 e. The molecular formula is C11H11N3O3S2. The second-order valence-corrected chi connectivity index (χ2v) is 5.81. The molecule has 2 aromatic heterocycles. The van der Waals surface area contributed by atoms with E-state index in [0.717, 1.165) is 4.21 Å². The third-order valence-electron chi connectivity index (χ3n) is 2.05. The molecule has 2 aromatic rings. The van der Waals surface area contributed by atoms with Crippen LogP contribution in [0.25, 0.3) is 0 Å². The molecule has 100 valence electrons. The van der Waals surface area contributed by atoms with Gasteiger partial charge in [0.1, 0.15) is 6.54 Å². The summed E-state index contributed by atoms with van der Waals surface area (Å²) in [5, 5.41) is 17.1. The zero-order chi connectivity index (χ0) is 13.7. The van der Waals surface area contributed by atoms with Crippen LogP contribution < -0.4 is 5.32 Å². The number of anilines is 1. The highest BCUT2D eigenvalue weighted by molar-refractivity contribution is 8.01. The van der Waals surface area contributed by atoms with Gasteiger partial charge in [-0.05, 0) is 11.4 Å². The predicted octanol–water partition coefficient (Wildman–Crippen LogP) is 1.76. The number of amides is 1. The molecule has 0 unspecified atom stereocenters. The minimum Gasteiger partial charge on any atom is -0.480 e. The van der Waals surface area contributed by atoms with Crippen molar-refractivity contribution >= 4 is 40.7 Å². The number of thioether (sulfide) groups is 1. The molecule has 0 aliphatic rings. The molecule has 0 aromatic carbocycles. The highest BCUT2D eigenvalue weighted by Crippen LogP contribution is 2.23. The Labute approximate surface area is 117 Å². The molecule has 2 heterocycles. The number of aliphatic carboxylic acids is 1. The first-order valence-electron chi connectivity index (χ1n) is 5.34. The molecule has 8 heteroatoms. The Morgan fingerprint density at radius 3 is 3.05 bits per heavy atom. The maximum absolute atomic E-state index is 11.7. The average Bonchev–Trinajstić information content (AvgIpc) is 2.97. The van der Waals surface area contributed by atoms with Gasteiger partial charge < -0.3 is 10.4 Å². The topological polar surface area (TPSA) is 84.2 Å². The van der Waals surface area contributed by atoms with E-state index in [0.29, 0.717) is 11.4 Å². The molecule has 0 saturated heterocycles. The van der Waals surface area contributed by atoms with Gasteiger partial charge in [0.2, 0.25) is 5.91 Å². The Kier molecular flexibility index (Phi) is 4.58. The molecule has 0 bridgehead atoms. The average molecular weight is 297 g/mol. The van der Waals surface area contributed by atoms with Gasteiger partial charge >= 0.3 is 5.97 Å². The molecule has 2 N–H and O–H groups in total. The maximum atomic E-state index is 11.7. The fraction of sp³-hybridized carbons (Fsp3) is 0.182. The van der Waals surface area contributed by atoms with Gasteiger partial charge in [0.25, 0.3) is 0 Å². The van der Waals surface area contributed by atoms with Crippen LogP contribution in [0.2, 0.25) is 0 Å². The molecule has 0 aliphatic heterocycles. The monoisotopic (exact) mass is 297 g/mol. The van der Waals surface area contributed by atoms with E-state index in [1.165, 1.54) is 28.8 Å². The number of carbonyl (C=O) groups is 2. The quantitative estimate of drug-likeness (QED) is 0.794. The zero-order valence-electron chi connectivity index (χ0n) is 9.78. The summed E-state index contributed by atoms with van der Waals surface area (Å²) in [4.78, 5) is 22.1. The van der Waals surface area contributed by atoms with Crippen LogP contribution in [0.3, 0.4) is 0 Å². The first kappa shape index (κ1) is 13.6. The lowest BCUT2D eigenvalue weighted by Gasteiger charge is -2.00. The summed E-state index contributed by atoms with van der Waals surface area (Å²) in [7, 11) is 0. The van der Waals surface area contributed by atoms with Crippen molar-refractivity contribution in [2.45, 2.75) is 10.8 Å². The number of hydrogen-bond acceptors (Lipinski definition) is 5. The lowest BCUT2D eigenvalue weighted by Crippen LogP contribution is -2.13. The molecule has 0 atom stereocenters. The van der Waals surface area contributed by atoms with Crippen LogP contribution in [0.5, 0.6) is 0 Å². The number of aromatic nitrogens is 2. The molecular weight excluding hydrogens is 286 g/mol. The van der Waals surface area contributed by atoms with Crippen molar-refractivity contribution in [1.29, 1.82) is 0 Å². The number of carbonyl (C=O) groups excluding carboxylic acids is 1. The summed E-state index contributed by atoms with van der Waals surface area (Å²) in [6.45, 7) is -0.222. The van der Waals surface area contributed by atoms with E-state index in [1.807, 2.05) is 17.5 Å². The molecule has 0 radical (unpaired) electrons. The molecule has 6 nitrogen and oxygen atoms in total. The third-order valence-corrected chi connectivity index (χ3v) is 4.19. The van der Waals surface area contributed by atoms with Crippen LogP contribution in [0, 0.1) is 0 Å². The second kappa shape index (κ2) is 6.39. The number of hydrogen-bond donors (Lipinski definition) is 2. The Bertz CT molecular complexity index is 566. The number of nitrogens with one attached hydrogen (secondary N) is 1. The molecule has 0 aliphatic carbocycles. The number of thiophene rings is 1. The van der Waals surface area contributed by atoms with Crippen molar-refractivity contribution in [2.75, 3.05) is 11.1 Å². The van der Waals surface area contributed by atoms with Crippen molar-refractivity contribution in [3.8, 4) is 0 Å². The highest BCUT2D eigenvalue weighted by atomic mass is 32.2. The van der Waals surface area contributed by atoms with Gasteiger partial charge in [-0.15, -0.1) is 23.1 Å². The lowest BCUT2D eigenvalue weighted by molar-refractivity contribution is -0.137. The SMILES string of the molecule is O=C(O)Cn1cc(NC(=O)CSc2cccs2)cn1. The number of carboxylic acid groups (broad SMARTS) is 1. The number of nitrogens with zero attached hydrogens (tertiary/aromatic N) is 2. The second-order valence-electron chi connectivity index (χ2n) is 3.59. The summed E-state index contributed by atoms with van der Waals surface area (Å²) in [5.41, 5.74) is 0.498. The first-order chi connectivity index (χ1) is 9.13. The van der Waals surface area contributed by atoms with Crippen LogP contribution in [0.1, 0.15) is 0 Å². The van der Waals surface area contributed by atoms with Crippen LogP contribution in [-0.4, -0.2) is 32.5 Å². The van der Waals surface area contributed by atoms with E-state index in [-0.39, 0.29) is 12.5 Å². The van der Waals surface area contributed by atoms with Crippen LogP contribution in [0.15, 0.2) is 34.1 Å².